The highest BCUT2D eigenvalue weighted by Gasteiger charge is 2.12. The fourth-order valence-corrected chi connectivity index (χ4v) is 2.46. The Labute approximate surface area is 122 Å². The molecular weight excluding hydrogens is 246 g/mol. The van der Waals surface area contributed by atoms with Gasteiger partial charge in [-0.1, -0.05) is 38.1 Å². The Hall–Kier alpha value is -1.61. The molecule has 0 spiro atoms. The Morgan fingerprint density at radius 2 is 1.85 bits per heavy atom. The van der Waals surface area contributed by atoms with E-state index >= 15 is 0 Å². The van der Waals surface area contributed by atoms with Crippen LogP contribution in [0.2, 0.25) is 0 Å². The summed E-state index contributed by atoms with van der Waals surface area (Å²) in [5.41, 5.74) is 4.04. The van der Waals surface area contributed by atoms with Crippen LogP contribution in [0.3, 0.4) is 0 Å². The van der Waals surface area contributed by atoms with Gasteiger partial charge in [-0.2, -0.15) is 5.10 Å². The van der Waals surface area contributed by atoms with Gasteiger partial charge in [0.25, 0.3) is 0 Å². The molecule has 0 saturated carbocycles. The maximum Gasteiger partial charge on any atom is 0.0522 e. The molecule has 1 heterocycles. The largest absolute Gasteiger partial charge is 0.310 e. The van der Waals surface area contributed by atoms with Gasteiger partial charge in [-0.3, -0.25) is 4.68 Å². The third kappa shape index (κ3) is 3.70. The van der Waals surface area contributed by atoms with E-state index in [1.165, 1.54) is 16.7 Å². The maximum absolute atomic E-state index is 4.36. The highest BCUT2D eigenvalue weighted by atomic mass is 15.3. The summed E-state index contributed by atoms with van der Waals surface area (Å²) >= 11 is 0. The number of rotatable bonds is 7. The van der Waals surface area contributed by atoms with Gasteiger partial charge in [0.05, 0.1) is 6.20 Å². The van der Waals surface area contributed by atoms with Crippen molar-refractivity contribution in [3.05, 3.63) is 53.3 Å². The van der Waals surface area contributed by atoms with Gasteiger partial charge in [0.1, 0.15) is 0 Å². The van der Waals surface area contributed by atoms with Gasteiger partial charge in [0.15, 0.2) is 0 Å². The molecule has 0 amide bonds. The molecule has 0 bridgehead atoms. The van der Waals surface area contributed by atoms with Crippen LogP contribution >= 0.6 is 0 Å². The second kappa shape index (κ2) is 7.25. The number of aromatic nitrogens is 2. The summed E-state index contributed by atoms with van der Waals surface area (Å²) in [5.74, 6) is 0. The van der Waals surface area contributed by atoms with Crippen molar-refractivity contribution in [2.75, 3.05) is 6.54 Å². The minimum absolute atomic E-state index is 0.361. The molecule has 1 unspecified atom stereocenters. The highest BCUT2D eigenvalue weighted by molar-refractivity contribution is 5.26. The number of likely N-dealkylation sites (N-methyl/N-ethyl adjacent to an activating group) is 1. The topological polar surface area (TPSA) is 29.9 Å². The average Bonchev–Trinajstić information content (AvgIpc) is 2.95. The zero-order valence-electron chi connectivity index (χ0n) is 12.8. The first-order chi connectivity index (χ1) is 9.76. The smallest absolute Gasteiger partial charge is 0.0522 e. The second-order valence-corrected chi connectivity index (χ2v) is 5.11. The molecule has 0 saturated heterocycles. The summed E-state index contributed by atoms with van der Waals surface area (Å²) in [5, 5.41) is 7.93. The predicted molar refractivity (Wildman–Crippen MR) is 83.8 cm³/mol. The average molecular weight is 271 g/mol. The molecule has 2 aromatic rings. The van der Waals surface area contributed by atoms with E-state index in [0.29, 0.717) is 6.04 Å². The maximum atomic E-state index is 4.36. The second-order valence-electron chi connectivity index (χ2n) is 5.11. The summed E-state index contributed by atoms with van der Waals surface area (Å²) in [6.45, 7) is 8.36. The normalized spacial score (nSPS) is 12.6. The van der Waals surface area contributed by atoms with Crippen LogP contribution in [0.5, 0.6) is 0 Å². The van der Waals surface area contributed by atoms with E-state index in [2.05, 4.69) is 61.6 Å². The number of benzene rings is 1. The van der Waals surface area contributed by atoms with Crippen LogP contribution in [0.4, 0.5) is 0 Å². The van der Waals surface area contributed by atoms with Crippen LogP contribution in [0.15, 0.2) is 36.7 Å². The number of hydrogen-bond donors (Lipinski definition) is 1. The molecule has 0 aliphatic carbocycles. The molecule has 0 aliphatic heterocycles. The quantitative estimate of drug-likeness (QED) is 0.837. The Bertz CT molecular complexity index is 513. The molecule has 3 nitrogen and oxygen atoms in total. The lowest BCUT2D eigenvalue weighted by Gasteiger charge is -2.18. The van der Waals surface area contributed by atoms with Crippen molar-refractivity contribution in [3.63, 3.8) is 0 Å². The van der Waals surface area contributed by atoms with Gasteiger partial charge in [0, 0.05) is 18.8 Å². The summed E-state index contributed by atoms with van der Waals surface area (Å²) in [6, 6.07) is 9.32. The van der Waals surface area contributed by atoms with Crippen LogP contribution in [0.25, 0.3) is 0 Å². The van der Waals surface area contributed by atoms with Crippen molar-refractivity contribution in [3.8, 4) is 0 Å². The fourth-order valence-electron chi connectivity index (χ4n) is 2.46. The van der Waals surface area contributed by atoms with Crippen molar-refractivity contribution < 1.29 is 0 Å². The van der Waals surface area contributed by atoms with E-state index in [4.69, 9.17) is 0 Å². The first-order valence-corrected chi connectivity index (χ1v) is 7.60. The minimum atomic E-state index is 0.361. The number of hydrogen-bond acceptors (Lipinski definition) is 2. The third-order valence-electron chi connectivity index (χ3n) is 3.69. The Balaban J connectivity index is 2.12. The van der Waals surface area contributed by atoms with Crippen molar-refractivity contribution >= 4 is 0 Å². The predicted octanol–water partition coefficient (Wildman–Crippen LogP) is 3.36. The van der Waals surface area contributed by atoms with Gasteiger partial charge in [0.2, 0.25) is 0 Å². The van der Waals surface area contributed by atoms with Gasteiger partial charge in [-0.05, 0) is 43.0 Å². The highest BCUT2D eigenvalue weighted by Crippen LogP contribution is 2.19. The molecule has 1 aromatic heterocycles. The molecule has 1 aromatic carbocycles. The Morgan fingerprint density at radius 3 is 2.40 bits per heavy atom. The first-order valence-electron chi connectivity index (χ1n) is 7.60. The molecule has 2 rings (SSSR count). The number of nitrogens with one attached hydrogen (secondary N) is 1. The molecule has 20 heavy (non-hydrogen) atoms. The molecule has 108 valence electrons. The van der Waals surface area contributed by atoms with Crippen LogP contribution in [0, 0.1) is 0 Å². The van der Waals surface area contributed by atoms with Gasteiger partial charge < -0.3 is 5.32 Å². The number of nitrogens with zero attached hydrogens (tertiary/aromatic N) is 2. The standard InChI is InChI=1S/C17H25N3/c1-4-14-7-9-16(10-8-14)17(18-5-2)11-15-12-19-20(6-3)13-15/h7-10,12-13,17-18H,4-6,11H2,1-3H3. The van der Waals surface area contributed by atoms with Crippen molar-refractivity contribution in [2.24, 2.45) is 0 Å². The summed E-state index contributed by atoms with van der Waals surface area (Å²) in [7, 11) is 0. The monoisotopic (exact) mass is 271 g/mol. The van der Waals surface area contributed by atoms with Crippen molar-refractivity contribution in [1.29, 1.82) is 0 Å². The molecule has 0 aliphatic rings. The fraction of sp³-hybridized carbons (Fsp3) is 0.471. The van der Waals surface area contributed by atoms with E-state index in [1.54, 1.807) is 0 Å². The molecule has 0 radical (unpaired) electrons. The van der Waals surface area contributed by atoms with E-state index in [1.807, 2.05) is 10.9 Å². The summed E-state index contributed by atoms with van der Waals surface area (Å²) < 4.78 is 1.98. The number of aryl methyl sites for hydroxylation is 2. The third-order valence-corrected chi connectivity index (χ3v) is 3.69. The summed E-state index contributed by atoms with van der Waals surface area (Å²) in [4.78, 5) is 0. The molecular formula is C17H25N3. The van der Waals surface area contributed by atoms with Crippen LogP contribution in [0.1, 0.15) is 43.5 Å². The SMILES string of the molecule is CCNC(Cc1cnn(CC)c1)c1ccc(CC)cc1. The zero-order valence-corrected chi connectivity index (χ0v) is 12.8. The van der Waals surface area contributed by atoms with E-state index in [0.717, 1.165) is 25.9 Å². The van der Waals surface area contributed by atoms with Crippen LogP contribution in [-0.2, 0) is 19.4 Å². The van der Waals surface area contributed by atoms with Crippen LogP contribution < -0.4 is 5.32 Å². The molecule has 1 N–H and O–H groups in total. The van der Waals surface area contributed by atoms with E-state index < -0.39 is 0 Å². The lowest BCUT2D eigenvalue weighted by molar-refractivity contribution is 0.549. The molecule has 0 fully saturated rings. The first kappa shape index (κ1) is 14.8. The lowest BCUT2D eigenvalue weighted by Crippen LogP contribution is -2.22. The zero-order chi connectivity index (χ0) is 14.4. The van der Waals surface area contributed by atoms with Gasteiger partial charge >= 0.3 is 0 Å². The van der Waals surface area contributed by atoms with Crippen molar-refractivity contribution in [1.82, 2.24) is 15.1 Å². The van der Waals surface area contributed by atoms with E-state index in [9.17, 15) is 0 Å². The Kier molecular flexibility index (Phi) is 5.36. The lowest BCUT2D eigenvalue weighted by atomic mass is 9.99. The molecule has 3 heteroatoms. The Morgan fingerprint density at radius 1 is 1.10 bits per heavy atom. The summed E-state index contributed by atoms with van der Waals surface area (Å²) in [6.07, 6.45) is 6.20. The molecule has 1 atom stereocenters. The van der Waals surface area contributed by atoms with Crippen LogP contribution in [-0.4, -0.2) is 16.3 Å². The van der Waals surface area contributed by atoms with Crippen molar-refractivity contribution in [2.45, 2.75) is 46.2 Å². The van der Waals surface area contributed by atoms with Gasteiger partial charge in [-0.15, -0.1) is 0 Å². The van der Waals surface area contributed by atoms with E-state index in [-0.39, 0.29) is 0 Å². The minimum Gasteiger partial charge on any atom is -0.310 e. The van der Waals surface area contributed by atoms with Gasteiger partial charge in [-0.25, -0.2) is 0 Å².